The highest BCUT2D eigenvalue weighted by molar-refractivity contribution is 5.20. The van der Waals surface area contributed by atoms with E-state index < -0.39 is 0 Å². The fourth-order valence-electron chi connectivity index (χ4n) is 10.9. The Morgan fingerprint density at radius 3 is 2.20 bits per heavy atom. The van der Waals surface area contributed by atoms with Crippen LogP contribution in [0.2, 0.25) is 0 Å². The second kappa shape index (κ2) is 9.12. The molecular formula is C32H56O3. The lowest BCUT2D eigenvalue weighted by Gasteiger charge is -2.70. The molecule has 0 bridgehead atoms. The van der Waals surface area contributed by atoms with Crippen molar-refractivity contribution in [1.82, 2.24) is 0 Å². The van der Waals surface area contributed by atoms with E-state index in [2.05, 4.69) is 61.5 Å². The van der Waals surface area contributed by atoms with Gasteiger partial charge in [-0.2, -0.15) is 0 Å². The molecule has 0 aromatic carbocycles. The van der Waals surface area contributed by atoms with Gasteiger partial charge in [-0.15, -0.1) is 0 Å². The van der Waals surface area contributed by atoms with E-state index in [1.807, 2.05) is 14.2 Å². The van der Waals surface area contributed by atoms with Crippen LogP contribution in [-0.2, 0) is 9.47 Å². The van der Waals surface area contributed by atoms with Crippen LogP contribution in [0.25, 0.3) is 0 Å². The highest BCUT2D eigenvalue weighted by Gasteiger charge is 2.71. The molecule has 0 radical (unpaired) electrons. The van der Waals surface area contributed by atoms with E-state index >= 15 is 0 Å². The molecule has 0 aromatic rings. The molecule has 4 aliphatic carbocycles. The molecule has 4 aliphatic rings. The Kier molecular flexibility index (Phi) is 7.21. The lowest BCUT2D eigenvalue weighted by molar-refractivity contribution is -0.249. The number of aliphatic hydroxyl groups excluding tert-OH is 1. The molecule has 0 spiro atoms. The van der Waals surface area contributed by atoms with Crippen molar-refractivity contribution >= 4 is 0 Å². The van der Waals surface area contributed by atoms with E-state index in [9.17, 15) is 5.11 Å². The smallest absolute Gasteiger partial charge is 0.0685 e. The maximum Gasteiger partial charge on any atom is 0.0685 e. The fourth-order valence-corrected chi connectivity index (χ4v) is 10.9. The average Bonchev–Trinajstić information content (AvgIpc) is 3.15. The monoisotopic (exact) mass is 488 g/mol. The summed E-state index contributed by atoms with van der Waals surface area (Å²) in [6, 6.07) is 0. The molecule has 1 N–H and O–H groups in total. The van der Waals surface area contributed by atoms with Crippen molar-refractivity contribution in [2.75, 3.05) is 14.2 Å². The van der Waals surface area contributed by atoms with Crippen molar-refractivity contribution < 1.29 is 14.6 Å². The lowest BCUT2D eigenvalue weighted by atomic mass is 9.35. The summed E-state index contributed by atoms with van der Waals surface area (Å²) in [5.41, 5.74) is 2.08. The van der Waals surface area contributed by atoms with Crippen molar-refractivity contribution in [2.24, 2.45) is 45.3 Å². The maximum atomic E-state index is 12.0. The number of ether oxygens (including phenoxy) is 2. The van der Waals surface area contributed by atoms with Crippen molar-refractivity contribution in [2.45, 2.75) is 131 Å². The van der Waals surface area contributed by atoms with Gasteiger partial charge in [0.15, 0.2) is 0 Å². The van der Waals surface area contributed by atoms with Crippen LogP contribution in [0.4, 0.5) is 0 Å². The van der Waals surface area contributed by atoms with Crippen LogP contribution in [0, 0.1) is 45.3 Å². The molecule has 4 saturated carbocycles. The molecule has 0 heterocycles. The first kappa shape index (κ1) is 27.6. The third kappa shape index (κ3) is 3.92. The van der Waals surface area contributed by atoms with Gasteiger partial charge >= 0.3 is 0 Å². The molecule has 10 atom stereocenters. The summed E-state index contributed by atoms with van der Waals surface area (Å²) < 4.78 is 12.3. The number of hydrogen-bond donors (Lipinski definition) is 1. The van der Waals surface area contributed by atoms with Crippen molar-refractivity contribution in [3.8, 4) is 0 Å². The highest BCUT2D eigenvalue weighted by Crippen LogP contribution is 2.76. The van der Waals surface area contributed by atoms with Crippen molar-refractivity contribution in [1.29, 1.82) is 0 Å². The molecule has 0 saturated heterocycles. The summed E-state index contributed by atoms with van der Waals surface area (Å²) in [7, 11) is 3.81. The summed E-state index contributed by atoms with van der Waals surface area (Å²) in [5, 5.41) is 12.0. The molecule has 4 fully saturated rings. The topological polar surface area (TPSA) is 38.7 Å². The molecule has 202 valence electrons. The number of hydrogen-bond acceptors (Lipinski definition) is 3. The standard InChI is InChI=1S/C32H56O3/c1-21(2)12-11-16-32(8,35-10)22-13-18-31(7)27(22)23(33)20-25-29(5)17-15-26(34-9)28(3,4)24(29)14-19-30(25,31)6/h12,22-27,33H,11,13-20H2,1-10H3/t22?,23-,24?,25?,26+,27?,29+,30-,31-,32+/m1/s1. The SMILES string of the molecule is CO[C@H]1CC[C@@]2(C)C(CC[C@]3(C)C2C[C@@H](O)C2C([C@](C)(CCC=C(C)C)OC)CC[C@]23C)C1(C)C. The van der Waals surface area contributed by atoms with E-state index in [0.717, 1.165) is 25.7 Å². The molecule has 3 heteroatoms. The van der Waals surface area contributed by atoms with Gasteiger partial charge in [0.25, 0.3) is 0 Å². The van der Waals surface area contributed by atoms with Crippen LogP contribution in [0.3, 0.4) is 0 Å². The minimum atomic E-state index is -0.234. The van der Waals surface area contributed by atoms with Gasteiger partial charge in [-0.1, -0.05) is 46.3 Å². The molecular weight excluding hydrogens is 432 g/mol. The van der Waals surface area contributed by atoms with Crippen LogP contribution >= 0.6 is 0 Å². The predicted octanol–water partition coefficient (Wildman–Crippen LogP) is 7.81. The van der Waals surface area contributed by atoms with Gasteiger partial charge in [-0.25, -0.2) is 0 Å². The summed E-state index contributed by atoms with van der Waals surface area (Å²) in [6.45, 7) is 19.4. The normalized spacial score (nSPS) is 48.3. The van der Waals surface area contributed by atoms with Crippen LogP contribution in [0.15, 0.2) is 11.6 Å². The number of allylic oxidation sites excluding steroid dienone is 2. The van der Waals surface area contributed by atoms with E-state index in [-0.39, 0.29) is 33.4 Å². The second-order valence-corrected chi connectivity index (χ2v) is 14.9. The molecule has 4 unspecified atom stereocenters. The average molecular weight is 489 g/mol. The quantitative estimate of drug-likeness (QED) is 0.387. The zero-order chi connectivity index (χ0) is 26.0. The van der Waals surface area contributed by atoms with Gasteiger partial charge in [-0.05, 0) is 124 Å². The Labute approximate surface area is 216 Å². The minimum absolute atomic E-state index is 0.159. The minimum Gasteiger partial charge on any atom is -0.393 e. The van der Waals surface area contributed by atoms with Crippen LogP contribution in [0.5, 0.6) is 0 Å². The molecule has 0 aliphatic heterocycles. The van der Waals surface area contributed by atoms with Crippen LogP contribution in [0.1, 0.15) is 113 Å². The molecule has 0 amide bonds. The largest absolute Gasteiger partial charge is 0.393 e. The lowest BCUT2D eigenvalue weighted by Crippen LogP contribution is -2.66. The number of rotatable bonds is 6. The van der Waals surface area contributed by atoms with Gasteiger partial charge in [0, 0.05) is 14.2 Å². The van der Waals surface area contributed by atoms with Gasteiger partial charge in [0.1, 0.15) is 0 Å². The molecule has 4 rings (SSSR count). The van der Waals surface area contributed by atoms with Crippen LogP contribution < -0.4 is 0 Å². The van der Waals surface area contributed by atoms with Crippen LogP contribution in [-0.4, -0.2) is 37.1 Å². The zero-order valence-corrected chi connectivity index (χ0v) is 24.7. The van der Waals surface area contributed by atoms with Gasteiger partial charge in [-0.3, -0.25) is 0 Å². The van der Waals surface area contributed by atoms with E-state index in [1.165, 1.54) is 37.7 Å². The Morgan fingerprint density at radius 2 is 1.60 bits per heavy atom. The second-order valence-electron chi connectivity index (χ2n) is 14.9. The summed E-state index contributed by atoms with van der Waals surface area (Å²) in [6.07, 6.45) is 12.9. The van der Waals surface area contributed by atoms with E-state index in [1.54, 1.807) is 0 Å². The number of aliphatic hydroxyl groups is 1. The van der Waals surface area contributed by atoms with Gasteiger partial charge < -0.3 is 14.6 Å². The Morgan fingerprint density at radius 1 is 0.943 bits per heavy atom. The summed E-state index contributed by atoms with van der Waals surface area (Å²) >= 11 is 0. The van der Waals surface area contributed by atoms with Crippen molar-refractivity contribution in [3.05, 3.63) is 11.6 Å². The summed E-state index contributed by atoms with van der Waals surface area (Å²) in [5.74, 6) is 1.97. The van der Waals surface area contributed by atoms with E-state index in [4.69, 9.17) is 9.47 Å². The Balaban J connectivity index is 1.67. The first-order valence-corrected chi connectivity index (χ1v) is 14.6. The third-order valence-corrected chi connectivity index (χ3v) is 13.1. The number of fused-ring (bicyclic) bond motifs is 5. The first-order valence-electron chi connectivity index (χ1n) is 14.6. The highest BCUT2D eigenvalue weighted by atomic mass is 16.5. The predicted molar refractivity (Wildman–Crippen MR) is 145 cm³/mol. The molecule has 3 nitrogen and oxygen atoms in total. The molecule has 0 aromatic heterocycles. The van der Waals surface area contributed by atoms with E-state index in [0.29, 0.717) is 29.8 Å². The van der Waals surface area contributed by atoms with Gasteiger partial charge in [0.2, 0.25) is 0 Å². The fraction of sp³-hybridized carbons (Fsp3) is 0.938. The summed E-state index contributed by atoms with van der Waals surface area (Å²) in [4.78, 5) is 0. The molecule has 35 heavy (non-hydrogen) atoms. The zero-order valence-electron chi connectivity index (χ0n) is 24.7. The Hall–Kier alpha value is -0.380. The third-order valence-electron chi connectivity index (χ3n) is 13.1. The first-order chi connectivity index (χ1) is 16.2. The van der Waals surface area contributed by atoms with Gasteiger partial charge in [0.05, 0.1) is 17.8 Å². The van der Waals surface area contributed by atoms with Crippen molar-refractivity contribution in [3.63, 3.8) is 0 Å². The maximum absolute atomic E-state index is 12.0. The number of methoxy groups -OCH3 is 2. The Bertz CT molecular complexity index is 814.